The number of guanidine groups is 1. The Hall–Kier alpha value is -1.90. The van der Waals surface area contributed by atoms with Crippen LogP contribution >= 0.6 is 24.0 Å². The highest BCUT2D eigenvalue weighted by Crippen LogP contribution is 2.31. The zero-order valence-electron chi connectivity index (χ0n) is 13.5. The number of nitrogens with one attached hydrogen (secondary N) is 1. The second kappa shape index (κ2) is 8.46. The van der Waals surface area contributed by atoms with Gasteiger partial charge in [-0.3, -0.25) is 0 Å². The standard InChI is InChI=1S/C18H19F2N3O.HI/c19-18(20,13-6-2-1-3-7-13)12-22-17(21)23-15-10-11-24-16-9-5-4-8-14(15)16;/h1-9,15H,10-12H2,(H3,21,22,23);1H. The Morgan fingerprint density at radius 2 is 1.84 bits per heavy atom. The molecule has 4 nitrogen and oxygen atoms in total. The summed E-state index contributed by atoms with van der Waals surface area (Å²) >= 11 is 0. The van der Waals surface area contributed by atoms with Crippen LogP contribution in [0.2, 0.25) is 0 Å². The minimum absolute atomic E-state index is 0. The molecule has 0 bridgehead atoms. The molecule has 1 heterocycles. The minimum Gasteiger partial charge on any atom is -0.493 e. The molecule has 3 rings (SSSR count). The van der Waals surface area contributed by atoms with Crippen LogP contribution in [0.4, 0.5) is 8.78 Å². The molecule has 134 valence electrons. The number of alkyl halides is 2. The number of nitrogens with two attached hydrogens (primary N) is 1. The number of nitrogens with zero attached hydrogens (tertiary/aromatic N) is 1. The lowest BCUT2D eigenvalue weighted by atomic mass is 10.0. The van der Waals surface area contributed by atoms with E-state index in [1.54, 1.807) is 18.2 Å². The van der Waals surface area contributed by atoms with E-state index < -0.39 is 12.5 Å². The fourth-order valence-corrected chi connectivity index (χ4v) is 2.67. The molecular formula is C18H20F2IN3O. The molecule has 1 atom stereocenters. The van der Waals surface area contributed by atoms with Gasteiger partial charge >= 0.3 is 0 Å². The first kappa shape index (κ1) is 19.4. The van der Waals surface area contributed by atoms with Gasteiger partial charge in [-0.25, -0.2) is 4.99 Å². The van der Waals surface area contributed by atoms with Crippen LogP contribution in [0, 0.1) is 0 Å². The van der Waals surface area contributed by atoms with Crippen LogP contribution in [-0.2, 0) is 5.92 Å². The van der Waals surface area contributed by atoms with Crippen molar-refractivity contribution in [3.63, 3.8) is 0 Å². The summed E-state index contributed by atoms with van der Waals surface area (Å²) in [6.07, 6.45) is 0.697. The molecule has 0 saturated carbocycles. The van der Waals surface area contributed by atoms with Gasteiger partial charge in [0.1, 0.15) is 12.3 Å². The van der Waals surface area contributed by atoms with Crippen LogP contribution in [0.25, 0.3) is 0 Å². The second-order valence-corrected chi connectivity index (χ2v) is 5.64. The first-order chi connectivity index (χ1) is 11.6. The molecule has 0 saturated heterocycles. The van der Waals surface area contributed by atoms with Crippen LogP contribution in [-0.4, -0.2) is 19.1 Å². The molecule has 0 radical (unpaired) electrons. The summed E-state index contributed by atoms with van der Waals surface area (Å²) in [5.74, 6) is -2.27. The Bertz CT molecular complexity index is 725. The highest BCUT2D eigenvalue weighted by atomic mass is 127. The molecule has 1 aliphatic heterocycles. The van der Waals surface area contributed by atoms with Gasteiger partial charge in [0, 0.05) is 17.5 Å². The van der Waals surface area contributed by atoms with Gasteiger partial charge in [-0.05, 0) is 6.07 Å². The molecule has 1 unspecified atom stereocenters. The van der Waals surface area contributed by atoms with Gasteiger partial charge in [0.05, 0.1) is 12.6 Å². The van der Waals surface area contributed by atoms with Crippen LogP contribution in [0.5, 0.6) is 5.75 Å². The Morgan fingerprint density at radius 1 is 1.16 bits per heavy atom. The van der Waals surface area contributed by atoms with Crippen LogP contribution < -0.4 is 15.8 Å². The summed E-state index contributed by atoms with van der Waals surface area (Å²) in [5, 5.41) is 3.01. The van der Waals surface area contributed by atoms with Gasteiger partial charge in [-0.1, -0.05) is 48.5 Å². The van der Waals surface area contributed by atoms with Gasteiger partial charge in [-0.15, -0.1) is 24.0 Å². The Labute approximate surface area is 162 Å². The Morgan fingerprint density at radius 3 is 2.60 bits per heavy atom. The van der Waals surface area contributed by atoms with Crippen molar-refractivity contribution in [2.75, 3.05) is 13.2 Å². The highest BCUT2D eigenvalue weighted by molar-refractivity contribution is 14.0. The van der Waals surface area contributed by atoms with Crippen molar-refractivity contribution in [2.45, 2.75) is 18.4 Å². The van der Waals surface area contributed by atoms with Crippen molar-refractivity contribution in [3.05, 3.63) is 65.7 Å². The molecule has 2 aromatic carbocycles. The maximum absolute atomic E-state index is 14.1. The molecular weight excluding hydrogens is 439 g/mol. The van der Waals surface area contributed by atoms with Gasteiger partial charge in [0.25, 0.3) is 5.92 Å². The monoisotopic (exact) mass is 459 g/mol. The highest BCUT2D eigenvalue weighted by Gasteiger charge is 2.31. The van der Waals surface area contributed by atoms with E-state index in [1.807, 2.05) is 24.3 Å². The quantitative estimate of drug-likeness (QED) is 0.415. The maximum atomic E-state index is 14.1. The summed E-state index contributed by atoms with van der Waals surface area (Å²) in [5.41, 5.74) is 6.70. The van der Waals surface area contributed by atoms with Crippen molar-refractivity contribution in [1.29, 1.82) is 0 Å². The fraction of sp³-hybridized carbons (Fsp3) is 0.278. The van der Waals surface area contributed by atoms with Crippen LogP contribution in [0.1, 0.15) is 23.6 Å². The fourth-order valence-electron chi connectivity index (χ4n) is 2.67. The first-order valence-electron chi connectivity index (χ1n) is 7.78. The molecule has 7 heteroatoms. The lowest BCUT2D eigenvalue weighted by Gasteiger charge is -2.27. The number of ether oxygens (including phenoxy) is 1. The van der Waals surface area contributed by atoms with Gasteiger partial charge < -0.3 is 15.8 Å². The summed E-state index contributed by atoms with van der Waals surface area (Å²) < 4.78 is 33.8. The third-order valence-corrected chi connectivity index (χ3v) is 3.92. The smallest absolute Gasteiger partial charge is 0.292 e. The van der Waals surface area contributed by atoms with E-state index >= 15 is 0 Å². The lowest BCUT2D eigenvalue weighted by Crippen LogP contribution is -2.38. The lowest BCUT2D eigenvalue weighted by molar-refractivity contribution is 0.00642. The predicted molar refractivity (Wildman–Crippen MR) is 105 cm³/mol. The number of fused-ring (bicyclic) bond motifs is 1. The van der Waals surface area contributed by atoms with Gasteiger partial charge in [0.15, 0.2) is 5.96 Å². The third kappa shape index (κ3) is 4.81. The number of aliphatic imine (C=N–C) groups is 1. The third-order valence-electron chi connectivity index (χ3n) is 3.92. The SMILES string of the molecule is I.NC(=NCC(F)(F)c1ccccc1)NC1CCOc2ccccc21. The number of para-hydroxylation sites is 1. The van der Waals surface area contributed by atoms with Gasteiger partial charge in [-0.2, -0.15) is 8.78 Å². The summed E-state index contributed by atoms with van der Waals surface area (Å²) in [6.45, 7) is -0.150. The van der Waals surface area contributed by atoms with Crippen LogP contribution in [0.3, 0.4) is 0 Å². The number of benzene rings is 2. The normalized spacial score (nSPS) is 17.0. The molecule has 25 heavy (non-hydrogen) atoms. The zero-order valence-corrected chi connectivity index (χ0v) is 15.8. The first-order valence-corrected chi connectivity index (χ1v) is 7.78. The average Bonchev–Trinajstić information content (AvgIpc) is 2.61. The summed E-state index contributed by atoms with van der Waals surface area (Å²) in [7, 11) is 0. The average molecular weight is 459 g/mol. The number of rotatable bonds is 4. The largest absolute Gasteiger partial charge is 0.493 e. The molecule has 0 fully saturated rings. The van der Waals surface area contributed by atoms with Crippen molar-refractivity contribution in [3.8, 4) is 5.75 Å². The van der Waals surface area contributed by atoms with Crippen molar-refractivity contribution < 1.29 is 13.5 Å². The second-order valence-electron chi connectivity index (χ2n) is 5.64. The molecule has 0 amide bonds. The van der Waals surface area contributed by atoms with E-state index in [1.165, 1.54) is 12.1 Å². The van der Waals surface area contributed by atoms with E-state index in [2.05, 4.69) is 10.3 Å². The van der Waals surface area contributed by atoms with E-state index in [-0.39, 0.29) is 41.5 Å². The summed E-state index contributed by atoms with van der Waals surface area (Å²) in [6, 6.07) is 15.1. The molecule has 2 aromatic rings. The predicted octanol–water partition coefficient (Wildman–Crippen LogP) is 3.82. The van der Waals surface area contributed by atoms with Crippen molar-refractivity contribution >= 4 is 29.9 Å². The zero-order chi connectivity index (χ0) is 17.0. The topological polar surface area (TPSA) is 59.6 Å². The number of halogens is 3. The molecule has 0 aliphatic carbocycles. The summed E-state index contributed by atoms with van der Waals surface area (Å²) in [4.78, 5) is 3.83. The Kier molecular flexibility index (Phi) is 6.57. The number of hydrogen-bond donors (Lipinski definition) is 2. The maximum Gasteiger partial charge on any atom is 0.292 e. The van der Waals surface area contributed by atoms with Crippen molar-refractivity contribution in [1.82, 2.24) is 5.32 Å². The Balaban J connectivity index is 0.00000225. The molecule has 3 N–H and O–H groups in total. The molecule has 0 spiro atoms. The van der Waals surface area contributed by atoms with Gasteiger partial charge in [0.2, 0.25) is 0 Å². The van der Waals surface area contributed by atoms with Crippen molar-refractivity contribution in [2.24, 2.45) is 10.7 Å². The van der Waals surface area contributed by atoms with E-state index in [9.17, 15) is 8.78 Å². The van der Waals surface area contributed by atoms with E-state index in [0.29, 0.717) is 13.0 Å². The van der Waals surface area contributed by atoms with E-state index in [4.69, 9.17) is 10.5 Å². The van der Waals surface area contributed by atoms with E-state index in [0.717, 1.165) is 11.3 Å². The number of hydrogen-bond acceptors (Lipinski definition) is 2. The van der Waals surface area contributed by atoms with Crippen LogP contribution in [0.15, 0.2) is 59.6 Å². The molecule has 0 aromatic heterocycles. The molecule has 1 aliphatic rings. The minimum atomic E-state index is -3.05.